The Morgan fingerprint density at radius 3 is 1.68 bits per heavy atom. The zero-order chi connectivity index (χ0) is 17.7. The van der Waals surface area contributed by atoms with E-state index in [0.29, 0.717) is 0 Å². The van der Waals surface area contributed by atoms with Gasteiger partial charge >= 0.3 is 6.18 Å². The molecule has 1 fully saturated rings. The lowest BCUT2D eigenvalue weighted by molar-refractivity contribution is -0.253. The Labute approximate surface area is 132 Å². The van der Waals surface area contributed by atoms with Gasteiger partial charge in [-0.1, -0.05) is 54.9 Å². The van der Waals surface area contributed by atoms with Crippen LogP contribution in [0.3, 0.4) is 0 Å². The van der Waals surface area contributed by atoms with Crippen LogP contribution in [0.25, 0.3) is 0 Å². The van der Waals surface area contributed by atoms with E-state index in [4.69, 9.17) is 0 Å². The molecule has 0 aromatic rings. The normalized spacial score (nSPS) is 28.9. The van der Waals surface area contributed by atoms with Gasteiger partial charge < -0.3 is 10.4 Å². The molecule has 132 valence electrons. The van der Waals surface area contributed by atoms with Gasteiger partial charge in [-0.05, 0) is 29.6 Å². The summed E-state index contributed by atoms with van der Waals surface area (Å²) in [6.45, 7) is 15.6. The average Bonchev–Trinajstić information content (AvgIpc) is 3.00. The minimum Gasteiger partial charge on any atom is -0.379 e. The first-order chi connectivity index (χ1) is 9.55. The molecule has 0 aromatic carbocycles. The molecular formula is C17H32F3NO. The third-order valence-electron chi connectivity index (χ3n) is 5.17. The second kappa shape index (κ2) is 5.66. The second-order valence-corrected chi connectivity index (χ2v) is 9.09. The summed E-state index contributed by atoms with van der Waals surface area (Å²) >= 11 is 0. The number of rotatable bonds is 4. The van der Waals surface area contributed by atoms with E-state index in [1.165, 1.54) is 0 Å². The lowest BCUT2D eigenvalue weighted by atomic mass is 9.61. The number of hydrogen-bond acceptors (Lipinski definition) is 2. The molecule has 1 rings (SSSR count). The minimum atomic E-state index is -4.62. The van der Waals surface area contributed by atoms with Crippen LogP contribution in [-0.4, -0.2) is 29.0 Å². The summed E-state index contributed by atoms with van der Waals surface area (Å²) in [5, 5.41) is 12.9. The van der Waals surface area contributed by atoms with Gasteiger partial charge in [-0.2, -0.15) is 13.2 Å². The molecule has 22 heavy (non-hydrogen) atoms. The van der Waals surface area contributed by atoms with E-state index < -0.39 is 17.8 Å². The molecule has 1 saturated heterocycles. The highest BCUT2D eigenvalue weighted by molar-refractivity contribution is 5.16. The average molecular weight is 323 g/mol. The molecule has 1 aliphatic heterocycles. The number of nitrogens with one attached hydrogen (secondary N) is 1. The van der Waals surface area contributed by atoms with Gasteiger partial charge in [-0.15, -0.1) is 0 Å². The first-order valence-corrected chi connectivity index (χ1v) is 8.10. The highest BCUT2D eigenvalue weighted by Gasteiger charge is 2.66. The second-order valence-electron chi connectivity index (χ2n) is 9.09. The molecule has 1 aliphatic rings. The number of halogens is 3. The van der Waals surface area contributed by atoms with Crippen LogP contribution in [0.1, 0.15) is 61.8 Å². The summed E-state index contributed by atoms with van der Waals surface area (Å²) in [5.41, 5.74) is -2.81. The third-order valence-corrected chi connectivity index (χ3v) is 5.17. The minimum absolute atomic E-state index is 0.00556. The molecule has 0 amide bonds. The van der Waals surface area contributed by atoms with Crippen LogP contribution in [0.15, 0.2) is 0 Å². The molecule has 0 radical (unpaired) electrons. The van der Waals surface area contributed by atoms with Crippen molar-refractivity contribution in [1.29, 1.82) is 0 Å². The maximum absolute atomic E-state index is 13.1. The maximum atomic E-state index is 13.1. The fraction of sp³-hybridized carbons (Fsp3) is 1.00. The highest BCUT2D eigenvalue weighted by atomic mass is 19.4. The van der Waals surface area contributed by atoms with E-state index >= 15 is 0 Å². The van der Waals surface area contributed by atoms with Crippen LogP contribution >= 0.6 is 0 Å². The SMILES string of the molecule is CCC(C(C1NC1C(C)(O)C(F)(F)F)C(C)(C)C)C(C)(C)C. The predicted molar refractivity (Wildman–Crippen MR) is 83.6 cm³/mol. The highest BCUT2D eigenvalue weighted by Crippen LogP contribution is 2.51. The zero-order valence-electron chi connectivity index (χ0n) is 15.1. The Hall–Kier alpha value is -0.290. The smallest absolute Gasteiger partial charge is 0.379 e. The van der Waals surface area contributed by atoms with Gasteiger partial charge in [0.2, 0.25) is 0 Å². The van der Waals surface area contributed by atoms with E-state index in [0.717, 1.165) is 13.3 Å². The van der Waals surface area contributed by atoms with Gasteiger partial charge in [-0.3, -0.25) is 0 Å². The Morgan fingerprint density at radius 2 is 1.41 bits per heavy atom. The summed E-state index contributed by atoms with van der Waals surface area (Å²) in [6, 6.07) is -1.23. The molecule has 5 heteroatoms. The molecule has 0 bridgehead atoms. The molecule has 2 N–H and O–H groups in total. The molecular weight excluding hydrogens is 291 g/mol. The molecule has 0 aliphatic carbocycles. The summed E-state index contributed by atoms with van der Waals surface area (Å²) in [7, 11) is 0. The summed E-state index contributed by atoms with van der Waals surface area (Å²) in [5.74, 6) is 0.343. The van der Waals surface area contributed by atoms with Crippen molar-refractivity contribution in [2.24, 2.45) is 22.7 Å². The molecule has 5 unspecified atom stereocenters. The van der Waals surface area contributed by atoms with E-state index in [2.05, 4.69) is 53.8 Å². The van der Waals surface area contributed by atoms with Crippen molar-refractivity contribution in [3.05, 3.63) is 0 Å². The molecule has 0 aromatic heterocycles. The topological polar surface area (TPSA) is 42.2 Å². The van der Waals surface area contributed by atoms with Crippen molar-refractivity contribution in [3.8, 4) is 0 Å². The number of alkyl halides is 3. The van der Waals surface area contributed by atoms with Gasteiger partial charge in [-0.25, -0.2) is 0 Å². The first kappa shape index (κ1) is 19.8. The largest absolute Gasteiger partial charge is 0.418 e. The fourth-order valence-electron chi connectivity index (χ4n) is 3.95. The van der Waals surface area contributed by atoms with Crippen molar-refractivity contribution in [3.63, 3.8) is 0 Å². The van der Waals surface area contributed by atoms with Crippen LogP contribution in [0.4, 0.5) is 13.2 Å². The van der Waals surface area contributed by atoms with Crippen LogP contribution in [0.5, 0.6) is 0 Å². The van der Waals surface area contributed by atoms with Gasteiger partial charge in [0.25, 0.3) is 0 Å². The third kappa shape index (κ3) is 3.78. The van der Waals surface area contributed by atoms with Crippen molar-refractivity contribution in [2.45, 2.75) is 85.7 Å². The lowest BCUT2D eigenvalue weighted by Crippen LogP contribution is -2.50. The molecule has 0 saturated carbocycles. The Bertz CT molecular complexity index is 390. The number of hydrogen-bond donors (Lipinski definition) is 2. The summed E-state index contributed by atoms with van der Waals surface area (Å²) in [6.07, 6.45) is -3.71. The Kier molecular flexibility index (Phi) is 5.08. The van der Waals surface area contributed by atoms with Crippen LogP contribution in [0, 0.1) is 22.7 Å². The zero-order valence-corrected chi connectivity index (χ0v) is 15.1. The van der Waals surface area contributed by atoms with Crippen LogP contribution in [0.2, 0.25) is 0 Å². The first-order valence-electron chi connectivity index (χ1n) is 8.10. The van der Waals surface area contributed by atoms with Crippen molar-refractivity contribution >= 4 is 0 Å². The van der Waals surface area contributed by atoms with Gasteiger partial charge in [0.15, 0.2) is 5.60 Å². The van der Waals surface area contributed by atoms with E-state index in [1.807, 2.05) is 0 Å². The van der Waals surface area contributed by atoms with Crippen LogP contribution in [-0.2, 0) is 0 Å². The Morgan fingerprint density at radius 1 is 0.955 bits per heavy atom. The van der Waals surface area contributed by atoms with E-state index in [-0.39, 0.29) is 28.7 Å². The van der Waals surface area contributed by atoms with E-state index in [1.54, 1.807) is 0 Å². The van der Waals surface area contributed by atoms with Gasteiger partial charge in [0.05, 0.1) is 6.04 Å². The van der Waals surface area contributed by atoms with Gasteiger partial charge in [0, 0.05) is 6.04 Å². The Balaban J connectivity index is 3.10. The molecule has 2 nitrogen and oxygen atoms in total. The van der Waals surface area contributed by atoms with Gasteiger partial charge in [0.1, 0.15) is 0 Å². The lowest BCUT2D eigenvalue weighted by Gasteiger charge is -2.44. The number of aliphatic hydroxyl groups is 1. The van der Waals surface area contributed by atoms with Crippen molar-refractivity contribution < 1.29 is 18.3 Å². The monoisotopic (exact) mass is 323 g/mol. The molecule has 5 atom stereocenters. The molecule has 1 heterocycles. The molecule has 0 spiro atoms. The van der Waals surface area contributed by atoms with Crippen molar-refractivity contribution in [1.82, 2.24) is 5.32 Å². The summed E-state index contributed by atoms with van der Waals surface area (Å²) in [4.78, 5) is 0. The van der Waals surface area contributed by atoms with E-state index in [9.17, 15) is 18.3 Å². The predicted octanol–water partition coefficient (Wildman–Crippen LogP) is 4.37. The standard InChI is InChI=1S/C17H32F3NO/c1-9-10(14(2,3)4)11(15(5,6)7)12-13(21-12)16(8,22)17(18,19)20/h10-13,21-22H,9H2,1-8H3. The summed E-state index contributed by atoms with van der Waals surface area (Å²) < 4.78 is 39.3. The quantitative estimate of drug-likeness (QED) is 0.754. The maximum Gasteiger partial charge on any atom is 0.418 e. The fourth-order valence-corrected chi connectivity index (χ4v) is 3.95. The van der Waals surface area contributed by atoms with Crippen LogP contribution < -0.4 is 5.32 Å². The van der Waals surface area contributed by atoms with Crippen molar-refractivity contribution in [2.75, 3.05) is 0 Å².